The zero-order chi connectivity index (χ0) is 27.3. The van der Waals surface area contributed by atoms with E-state index >= 15 is 0 Å². The summed E-state index contributed by atoms with van der Waals surface area (Å²) < 4.78 is 15.3. The van der Waals surface area contributed by atoms with Gasteiger partial charge >= 0.3 is 0 Å². The highest BCUT2D eigenvalue weighted by Gasteiger charge is 2.49. The smallest absolute Gasteiger partial charge is 0.189 e. The molecule has 2 rings (SSSR count). The summed E-state index contributed by atoms with van der Waals surface area (Å²) >= 11 is 0. The van der Waals surface area contributed by atoms with Gasteiger partial charge in [-0.25, -0.2) is 0 Å². The molecule has 35 heavy (non-hydrogen) atoms. The van der Waals surface area contributed by atoms with E-state index in [1.165, 1.54) is 0 Å². The highest BCUT2D eigenvalue weighted by molar-refractivity contribution is 4.92. The Morgan fingerprint density at radius 3 is 0.971 bits per heavy atom. The van der Waals surface area contributed by atoms with Crippen molar-refractivity contribution < 1.29 is 85.7 Å². The van der Waals surface area contributed by atoms with Crippen LogP contribution in [0.15, 0.2) is 0 Å². The van der Waals surface area contributed by atoms with Gasteiger partial charge in [0.1, 0.15) is 61.0 Å². The molecule has 17 heteroatoms. The Balaban J connectivity index is 0.000000797. The summed E-state index contributed by atoms with van der Waals surface area (Å²) in [6.07, 6.45) is -17.5. The van der Waals surface area contributed by atoms with Crippen LogP contribution in [0, 0.1) is 0 Å². The molecule has 0 aliphatic carbocycles. The van der Waals surface area contributed by atoms with E-state index < -0.39 is 86.8 Å². The van der Waals surface area contributed by atoms with Gasteiger partial charge in [-0.1, -0.05) is 0 Å². The largest absolute Gasteiger partial charge is 0.394 e. The quantitative estimate of drug-likeness (QED) is 0.139. The first-order valence-corrected chi connectivity index (χ1v) is 10.5. The Morgan fingerprint density at radius 2 is 0.771 bits per heavy atom. The Morgan fingerprint density at radius 1 is 0.486 bits per heavy atom. The molecule has 17 nitrogen and oxygen atoms in total. The van der Waals surface area contributed by atoms with Crippen molar-refractivity contribution in [2.24, 2.45) is 0 Å². The van der Waals surface area contributed by atoms with Crippen molar-refractivity contribution in [3.05, 3.63) is 0 Å². The predicted molar refractivity (Wildman–Crippen MR) is 109 cm³/mol. The number of rotatable bonds is 8. The molecule has 2 aliphatic rings. The van der Waals surface area contributed by atoms with Crippen LogP contribution in [0.4, 0.5) is 0 Å². The van der Waals surface area contributed by atoms with Gasteiger partial charge in [0.15, 0.2) is 12.6 Å². The normalized spacial score (nSPS) is 37.4. The van der Waals surface area contributed by atoms with Crippen molar-refractivity contribution in [3.8, 4) is 0 Å². The fourth-order valence-electron chi connectivity index (χ4n) is 2.61. The summed E-state index contributed by atoms with van der Waals surface area (Å²) in [6.45, 7) is -2.79. The molecule has 0 amide bonds. The van der Waals surface area contributed by atoms with Crippen LogP contribution >= 0.6 is 0 Å². The van der Waals surface area contributed by atoms with Gasteiger partial charge < -0.3 is 85.7 Å². The molecule has 0 unspecified atom stereocenters. The summed E-state index contributed by atoms with van der Waals surface area (Å²) in [4.78, 5) is 0. The molecule has 0 radical (unpaired) electrons. The lowest BCUT2D eigenvalue weighted by Gasteiger charge is -2.44. The topological polar surface area (TPSA) is 311 Å². The van der Waals surface area contributed by atoms with Crippen LogP contribution in [-0.4, -0.2) is 185 Å². The monoisotopic (exact) mass is 526 g/mol. The van der Waals surface area contributed by atoms with Gasteiger partial charge in [-0.05, 0) is 0 Å². The summed E-state index contributed by atoms with van der Waals surface area (Å²) in [7, 11) is 0. The second kappa shape index (κ2) is 17.7. The third-order valence-electron chi connectivity index (χ3n) is 4.81. The Kier molecular flexibility index (Phi) is 17.4. The van der Waals surface area contributed by atoms with E-state index in [1.54, 1.807) is 0 Å². The SMILES string of the molecule is OCC(O)CO.OCC(O)CO.OC[C@H]1O[C@@H](O[C@@H]2O[C@H](CO)[C@@H](O)[C@H](O)[C@H]2O)[C@H](O)[C@@H](O)[C@@H]1O. The molecule has 0 saturated carbocycles. The third-order valence-corrected chi connectivity index (χ3v) is 4.81. The van der Waals surface area contributed by atoms with Crippen molar-refractivity contribution in [2.45, 2.75) is 73.6 Å². The van der Waals surface area contributed by atoms with Gasteiger partial charge in [-0.2, -0.15) is 0 Å². The summed E-state index contributed by atoms with van der Waals surface area (Å²) in [5.41, 5.74) is 0. The molecule has 2 aliphatic heterocycles. The first-order chi connectivity index (χ1) is 16.4. The van der Waals surface area contributed by atoms with E-state index in [1.807, 2.05) is 0 Å². The second-order valence-corrected chi connectivity index (χ2v) is 7.57. The van der Waals surface area contributed by atoms with Crippen LogP contribution in [0.3, 0.4) is 0 Å². The van der Waals surface area contributed by atoms with Crippen molar-refractivity contribution in [1.82, 2.24) is 0 Å². The lowest BCUT2D eigenvalue weighted by Crippen LogP contribution is -2.63. The summed E-state index contributed by atoms with van der Waals surface area (Å²) in [5, 5.41) is 124. The van der Waals surface area contributed by atoms with Crippen molar-refractivity contribution in [3.63, 3.8) is 0 Å². The van der Waals surface area contributed by atoms with Crippen molar-refractivity contribution in [1.29, 1.82) is 0 Å². The number of hydrogen-bond donors (Lipinski definition) is 14. The maximum atomic E-state index is 9.84. The molecule has 14 N–H and O–H groups in total. The number of aliphatic hydroxyl groups is 14. The fourth-order valence-corrected chi connectivity index (χ4v) is 2.61. The molecule has 0 aromatic rings. The van der Waals surface area contributed by atoms with Crippen LogP contribution in [0.2, 0.25) is 0 Å². The van der Waals surface area contributed by atoms with Gasteiger partial charge in [-0.3, -0.25) is 0 Å². The molecule has 0 spiro atoms. The Hall–Kier alpha value is -0.680. The fraction of sp³-hybridized carbons (Fsp3) is 1.00. The standard InChI is InChI=1S/C12H22O11.2C3H8O3/c13-1-3-5(15)7(17)9(19)11(21-3)23-12-10(20)8(18)6(16)4(2-14)22-12;2*4-1-3(6)2-5/h3-20H,1-2H2;2*3-6H,1-2H2/t3-,4-,5-,6-,7+,8+,9-,10-,11+,12+;;/m1../s1. The number of aliphatic hydroxyl groups excluding tert-OH is 14. The highest BCUT2D eigenvalue weighted by atomic mass is 16.8. The van der Waals surface area contributed by atoms with Crippen LogP contribution in [-0.2, 0) is 14.2 Å². The van der Waals surface area contributed by atoms with Gasteiger partial charge in [0.2, 0.25) is 0 Å². The number of ether oxygens (including phenoxy) is 3. The molecular weight excluding hydrogens is 488 g/mol. The molecular formula is C18H38O17. The van der Waals surface area contributed by atoms with Crippen LogP contribution < -0.4 is 0 Å². The van der Waals surface area contributed by atoms with E-state index in [4.69, 9.17) is 55.1 Å². The first-order valence-electron chi connectivity index (χ1n) is 10.5. The summed E-state index contributed by atoms with van der Waals surface area (Å²) in [5.74, 6) is 0. The minimum atomic E-state index is -1.72. The van der Waals surface area contributed by atoms with E-state index in [0.29, 0.717) is 0 Å². The molecule has 212 valence electrons. The van der Waals surface area contributed by atoms with E-state index in [-0.39, 0.29) is 26.4 Å². The molecule has 2 fully saturated rings. The first kappa shape index (κ1) is 34.3. The average molecular weight is 526 g/mol. The Labute approximate surface area is 199 Å². The predicted octanol–water partition coefficient (Wildman–Crippen LogP) is -8.73. The van der Waals surface area contributed by atoms with Gasteiger partial charge in [0.25, 0.3) is 0 Å². The third kappa shape index (κ3) is 10.7. The zero-order valence-corrected chi connectivity index (χ0v) is 18.7. The second-order valence-electron chi connectivity index (χ2n) is 7.57. The van der Waals surface area contributed by atoms with Crippen LogP contribution in [0.25, 0.3) is 0 Å². The van der Waals surface area contributed by atoms with Crippen LogP contribution in [0.1, 0.15) is 0 Å². The van der Waals surface area contributed by atoms with Gasteiger partial charge in [0, 0.05) is 0 Å². The van der Waals surface area contributed by atoms with Crippen LogP contribution in [0.5, 0.6) is 0 Å². The lowest BCUT2D eigenvalue weighted by molar-refractivity contribution is -0.376. The molecule has 2 heterocycles. The molecule has 0 aromatic heterocycles. The number of hydrogen-bond acceptors (Lipinski definition) is 17. The lowest BCUT2D eigenvalue weighted by atomic mass is 9.98. The van der Waals surface area contributed by atoms with Gasteiger partial charge in [-0.15, -0.1) is 0 Å². The minimum absolute atomic E-state index is 0.365. The maximum Gasteiger partial charge on any atom is 0.189 e. The van der Waals surface area contributed by atoms with E-state index in [0.717, 1.165) is 0 Å². The molecule has 0 aromatic carbocycles. The minimum Gasteiger partial charge on any atom is -0.394 e. The van der Waals surface area contributed by atoms with E-state index in [9.17, 15) is 30.6 Å². The zero-order valence-electron chi connectivity index (χ0n) is 18.7. The highest BCUT2D eigenvalue weighted by Crippen LogP contribution is 2.27. The van der Waals surface area contributed by atoms with Crippen molar-refractivity contribution >= 4 is 0 Å². The van der Waals surface area contributed by atoms with Crippen molar-refractivity contribution in [2.75, 3.05) is 39.6 Å². The maximum absolute atomic E-state index is 9.84. The molecule has 10 atom stereocenters. The van der Waals surface area contributed by atoms with Gasteiger partial charge in [0.05, 0.1) is 39.6 Å². The Bertz CT molecular complexity index is 473. The average Bonchev–Trinajstić information content (AvgIpc) is 2.88. The molecule has 0 bridgehead atoms. The summed E-state index contributed by atoms with van der Waals surface area (Å²) in [6, 6.07) is 0. The molecule has 2 saturated heterocycles. The van der Waals surface area contributed by atoms with E-state index in [2.05, 4.69) is 0 Å².